The number of methoxy groups -OCH3 is 1. The minimum Gasteiger partial charge on any atom is -0.388 e. The number of alkyl halides is 1. The van der Waals surface area contributed by atoms with Gasteiger partial charge in [0.2, 0.25) is 11.8 Å². The van der Waals surface area contributed by atoms with Crippen molar-refractivity contribution in [1.29, 1.82) is 0 Å². The van der Waals surface area contributed by atoms with Gasteiger partial charge in [0.05, 0.1) is 6.61 Å². The van der Waals surface area contributed by atoms with Crippen molar-refractivity contribution in [2.75, 3.05) is 45.8 Å². The molecule has 1 aliphatic rings. The summed E-state index contributed by atoms with van der Waals surface area (Å²) in [6, 6.07) is -0.200. The Hall–Kier alpha value is -0.930. The van der Waals surface area contributed by atoms with Crippen LogP contribution in [0, 0.1) is 5.92 Å². The van der Waals surface area contributed by atoms with Crippen LogP contribution in [-0.4, -0.2) is 102 Å². The van der Waals surface area contributed by atoms with Gasteiger partial charge in [0, 0.05) is 46.3 Å². The van der Waals surface area contributed by atoms with Gasteiger partial charge in [0.15, 0.2) is 0 Å². The molecule has 0 aliphatic carbocycles. The third-order valence-electron chi connectivity index (χ3n) is 5.20. The fraction of sp³-hybridized carbons (Fsp3) is 0.900. The van der Waals surface area contributed by atoms with Crippen LogP contribution in [0.15, 0.2) is 0 Å². The van der Waals surface area contributed by atoms with Gasteiger partial charge in [-0.1, -0.05) is 13.8 Å². The molecule has 2 amide bonds. The number of hydrogen-bond acceptors (Lipinski definition) is 6. The lowest BCUT2D eigenvalue weighted by atomic mass is 10.00. The zero-order chi connectivity index (χ0) is 22.0. The maximum atomic E-state index is 12.6. The zero-order valence-electron chi connectivity index (χ0n) is 18.1. The summed E-state index contributed by atoms with van der Waals surface area (Å²) >= 11 is 5.86. The van der Waals surface area contributed by atoms with E-state index in [4.69, 9.17) is 21.1 Å². The quantitative estimate of drug-likeness (QED) is 0.634. The monoisotopic (exact) mass is 436 g/mol. The number of ether oxygens (including phenoxy) is 2. The fourth-order valence-corrected chi connectivity index (χ4v) is 3.75. The van der Waals surface area contributed by atoms with E-state index in [0.29, 0.717) is 38.5 Å². The first-order chi connectivity index (χ1) is 13.7. The van der Waals surface area contributed by atoms with Gasteiger partial charge < -0.3 is 29.5 Å². The van der Waals surface area contributed by atoms with E-state index in [9.17, 15) is 19.8 Å². The van der Waals surface area contributed by atoms with Crippen molar-refractivity contribution in [1.82, 2.24) is 9.80 Å². The summed E-state index contributed by atoms with van der Waals surface area (Å²) in [5, 5.41) is 20.7. The second kappa shape index (κ2) is 13.4. The van der Waals surface area contributed by atoms with Gasteiger partial charge in [0.25, 0.3) is 0 Å². The highest BCUT2D eigenvalue weighted by molar-refractivity contribution is 6.27. The number of carbonyl (C=O) groups is 2. The van der Waals surface area contributed by atoms with Gasteiger partial charge in [0.1, 0.15) is 24.2 Å². The molecule has 1 saturated heterocycles. The van der Waals surface area contributed by atoms with Crippen molar-refractivity contribution in [2.45, 2.75) is 64.4 Å². The predicted octanol–water partition coefficient (Wildman–Crippen LogP) is 0.864. The van der Waals surface area contributed by atoms with Crippen LogP contribution in [0.1, 0.15) is 40.0 Å². The summed E-state index contributed by atoms with van der Waals surface area (Å²) in [7, 11) is 1.43. The van der Waals surface area contributed by atoms with Crippen molar-refractivity contribution in [3.05, 3.63) is 0 Å². The Kier molecular flexibility index (Phi) is 12.1. The lowest BCUT2D eigenvalue weighted by Gasteiger charge is -2.38. The molecule has 0 aromatic rings. The number of aliphatic hydroxyl groups excluding tert-OH is 2. The van der Waals surface area contributed by atoms with E-state index in [2.05, 4.69) is 13.8 Å². The molecule has 0 spiro atoms. The molecule has 8 nitrogen and oxygen atoms in total. The standard InChI is InChI=1S/C20H37ClN2O6/c1-14(2)9-16-11-22(15(3)24)12-18(28-4)20(27)17(25)13-29-8-6-5-7-23(16)19(26)10-21/h14,16-18,20,25,27H,5-13H2,1-4H3/t16-,17+,18+,20+/m0/s1. The fourth-order valence-electron chi connectivity index (χ4n) is 3.59. The van der Waals surface area contributed by atoms with Crippen LogP contribution in [-0.2, 0) is 19.1 Å². The summed E-state index contributed by atoms with van der Waals surface area (Å²) in [5.74, 6) is -0.152. The molecule has 0 saturated carbocycles. The SMILES string of the molecule is CO[C@@H]1CN(C(C)=O)C[C@H](CC(C)C)N(C(=O)CCl)CCCCOC[C@@H](O)[C@H]1O. The van der Waals surface area contributed by atoms with E-state index in [1.165, 1.54) is 14.0 Å². The Morgan fingerprint density at radius 2 is 1.93 bits per heavy atom. The first kappa shape index (κ1) is 26.1. The summed E-state index contributed by atoms with van der Waals surface area (Å²) in [5.41, 5.74) is 0. The zero-order valence-corrected chi connectivity index (χ0v) is 18.8. The minimum absolute atomic E-state index is 0.0264. The van der Waals surface area contributed by atoms with E-state index >= 15 is 0 Å². The van der Waals surface area contributed by atoms with Gasteiger partial charge in [-0.15, -0.1) is 11.6 Å². The highest BCUT2D eigenvalue weighted by Crippen LogP contribution is 2.18. The Morgan fingerprint density at radius 1 is 1.24 bits per heavy atom. The lowest BCUT2D eigenvalue weighted by molar-refractivity contribution is -0.141. The molecule has 9 heteroatoms. The molecule has 1 heterocycles. The Bertz CT molecular complexity index is 507. The van der Waals surface area contributed by atoms with E-state index in [-0.39, 0.29) is 36.9 Å². The molecule has 170 valence electrons. The third kappa shape index (κ3) is 8.76. The summed E-state index contributed by atoms with van der Waals surface area (Å²) in [6.07, 6.45) is -0.959. The first-order valence-corrected chi connectivity index (χ1v) is 10.8. The predicted molar refractivity (Wildman–Crippen MR) is 111 cm³/mol. The first-order valence-electron chi connectivity index (χ1n) is 10.3. The maximum absolute atomic E-state index is 12.6. The van der Waals surface area contributed by atoms with Crippen molar-refractivity contribution >= 4 is 23.4 Å². The molecule has 1 rings (SSSR count). The highest BCUT2D eigenvalue weighted by atomic mass is 35.5. The Morgan fingerprint density at radius 3 is 2.48 bits per heavy atom. The molecular weight excluding hydrogens is 400 g/mol. The van der Waals surface area contributed by atoms with Gasteiger partial charge in [-0.3, -0.25) is 9.59 Å². The van der Waals surface area contributed by atoms with E-state index in [1.807, 2.05) is 0 Å². The number of carbonyl (C=O) groups excluding carboxylic acids is 2. The number of rotatable bonds is 4. The van der Waals surface area contributed by atoms with Gasteiger partial charge in [-0.2, -0.15) is 0 Å². The molecule has 2 N–H and O–H groups in total. The second-order valence-electron chi connectivity index (χ2n) is 8.04. The van der Waals surface area contributed by atoms with Crippen LogP contribution in [0.4, 0.5) is 0 Å². The Balaban J connectivity index is 3.17. The number of hydrogen-bond donors (Lipinski definition) is 2. The number of nitrogens with zero attached hydrogens (tertiary/aromatic N) is 2. The summed E-state index contributed by atoms with van der Waals surface area (Å²) in [4.78, 5) is 28.2. The smallest absolute Gasteiger partial charge is 0.237 e. The molecule has 1 aliphatic heterocycles. The van der Waals surface area contributed by atoms with Crippen LogP contribution >= 0.6 is 11.6 Å². The molecule has 29 heavy (non-hydrogen) atoms. The van der Waals surface area contributed by atoms with E-state index in [0.717, 1.165) is 6.42 Å². The molecule has 0 aromatic heterocycles. The number of aliphatic hydroxyl groups is 2. The van der Waals surface area contributed by atoms with Gasteiger partial charge in [-0.25, -0.2) is 0 Å². The van der Waals surface area contributed by atoms with Gasteiger partial charge >= 0.3 is 0 Å². The average molecular weight is 437 g/mol. The van der Waals surface area contributed by atoms with E-state index < -0.39 is 18.3 Å². The van der Waals surface area contributed by atoms with Crippen LogP contribution in [0.2, 0.25) is 0 Å². The minimum atomic E-state index is -1.20. The topological polar surface area (TPSA) is 99.5 Å². The van der Waals surface area contributed by atoms with Crippen LogP contribution in [0.25, 0.3) is 0 Å². The summed E-state index contributed by atoms with van der Waals surface area (Å²) in [6.45, 7) is 6.91. The molecular formula is C20H37ClN2O6. The normalized spacial score (nSPS) is 28.3. The lowest BCUT2D eigenvalue weighted by Crippen LogP contribution is -2.53. The molecule has 4 atom stereocenters. The number of amides is 2. The molecule has 0 bridgehead atoms. The average Bonchev–Trinajstić information content (AvgIpc) is 2.67. The second-order valence-corrected chi connectivity index (χ2v) is 8.31. The molecule has 0 unspecified atom stereocenters. The highest BCUT2D eigenvalue weighted by Gasteiger charge is 2.32. The summed E-state index contributed by atoms with van der Waals surface area (Å²) < 4.78 is 10.8. The third-order valence-corrected chi connectivity index (χ3v) is 5.43. The van der Waals surface area contributed by atoms with E-state index in [1.54, 1.807) is 9.80 Å². The molecule has 1 fully saturated rings. The van der Waals surface area contributed by atoms with Crippen LogP contribution in [0.5, 0.6) is 0 Å². The Labute approximate surface area is 179 Å². The van der Waals surface area contributed by atoms with Crippen molar-refractivity contribution in [3.63, 3.8) is 0 Å². The van der Waals surface area contributed by atoms with Crippen molar-refractivity contribution < 1.29 is 29.3 Å². The maximum Gasteiger partial charge on any atom is 0.237 e. The van der Waals surface area contributed by atoms with Crippen LogP contribution < -0.4 is 0 Å². The largest absolute Gasteiger partial charge is 0.388 e. The van der Waals surface area contributed by atoms with Gasteiger partial charge in [-0.05, 0) is 25.2 Å². The number of halogens is 1. The van der Waals surface area contributed by atoms with Crippen molar-refractivity contribution in [2.24, 2.45) is 5.92 Å². The molecule has 0 aromatic carbocycles. The van der Waals surface area contributed by atoms with Crippen molar-refractivity contribution in [3.8, 4) is 0 Å². The van der Waals surface area contributed by atoms with Crippen LogP contribution in [0.3, 0.4) is 0 Å². The molecule has 0 radical (unpaired) electrons.